The maximum absolute atomic E-state index is 12.0. The number of methoxy groups -OCH3 is 2. The van der Waals surface area contributed by atoms with Crippen molar-refractivity contribution in [2.45, 2.75) is 0 Å². The first-order valence-electron chi connectivity index (χ1n) is 6.59. The zero-order valence-corrected chi connectivity index (χ0v) is 13.9. The van der Waals surface area contributed by atoms with E-state index in [2.05, 4.69) is 21.2 Å². The average Bonchev–Trinajstić information content (AvgIpc) is 2.52. The third-order valence-electron chi connectivity index (χ3n) is 2.96. The lowest BCUT2D eigenvalue weighted by Crippen LogP contribution is -2.07. The smallest absolute Gasteiger partial charge is 0.248 e. The van der Waals surface area contributed by atoms with Crippen LogP contribution < -0.4 is 14.8 Å². The van der Waals surface area contributed by atoms with Gasteiger partial charge in [0.05, 0.1) is 19.8 Å². The SMILES string of the molecule is COc1cccc(OC)c1/C=C/C(=O)Nc1cccc(Br)c1. The normalized spacial score (nSPS) is 10.5. The summed E-state index contributed by atoms with van der Waals surface area (Å²) < 4.78 is 11.5. The van der Waals surface area contributed by atoms with E-state index < -0.39 is 0 Å². The molecule has 22 heavy (non-hydrogen) atoms. The summed E-state index contributed by atoms with van der Waals surface area (Å²) in [4.78, 5) is 12.0. The van der Waals surface area contributed by atoms with Crippen molar-refractivity contribution >= 4 is 33.6 Å². The van der Waals surface area contributed by atoms with E-state index >= 15 is 0 Å². The van der Waals surface area contributed by atoms with Gasteiger partial charge in [-0.25, -0.2) is 0 Å². The second-order valence-electron chi connectivity index (χ2n) is 4.41. The molecule has 0 aromatic heterocycles. The number of amides is 1. The van der Waals surface area contributed by atoms with Gasteiger partial charge in [0.1, 0.15) is 11.5 Å². The number of carbonyl (C=O) groups excluding carboxylic acids is 1. The van der Waals surface area contributed by atoms with E-state index in [1.807, 2.05) is 42.5 Å². The van der Waals surface area contributed by atoms with Crippen LogP contribution in [-0.2, 0) is 4.79 Å². The fourth-order valence-electron chi connectivity index (χ4n) is 1.95. The summed E-state index contributed by atoms with van der Waals surface area (Å²) in [6.07, 6.45) is 3.12. The Balaban J connectivity index is 2.16. The fourth-order valence-corrected chi connectivity index (χ4v) is 2.35. The van der Waals surface area contributed by atoms with Gasteiger partial charge in [0.25, 0.3) is 0 Å². The standard InChI is InChI=1S/C17H16BrNO3/c1-21-15-7-4-8-16(22-2)14(15)9-10-17(20)19-13-6-3-5-12(18)11-13/h3-11H,1-2H3,(H,19,20)/b10-9+. The lowest BCUT2D eigenvalue weighted by Gasteiger charge is -2.09. The number of ether oxygens (including phenoxy) is 2. The van der Waals surface area contributed by atoms with Crippen molar-refractivity contribution in [3.63, 3.8) is 0 Å². The molecule has 0 aliphatic heterocycles. The van der Waals surface area contributed by atoms with E-state index in [0.29, 0.717) is 11.5 Å². The van der Waals surface area contributed by atoms with Crippen LogP contribution in [0.1, 0.15) is 5.56 Å². The topological polar surface area (TPSA) is 47.6 Å². The number of carbonyl (C=O) groups is 1. The number of benzene rings is 2. The van der Waals surface area contributed by atoms with Crippen molar-refractivity contribution in [2.24, 2.45) is 0 Å². The van der Waals surface area contributed by atoms with Crippen molar-refractivity contribution in [2.75, 3.05) is 19.5 Å². The molecule has 4 nitrogen and oxygen atoms in total. The third-order valence-corrected chi connectivity index (χ3v) is 3.45. The number of halogens is 1. The summed E-state index contributed by atoms with van der Waals surface area (Å²) in [6, 6.07) is 12.9. The largest absolute Gasteiger partial charge is 0.496 e. The first-order chi connectivity index (χ1) is 10.6. The van der Waals surface area contributed by atoms with Gasteiger partial charge in [0, 0.05) is 16.2 Å². The number of nitrogens with one attached hydrogen (secondary N) is 1. The molecule has 0 radical (unpaired) electrons. The minimum absolute atomic E-state index is 0.231. The molecule has 5 heteroatoms. The highest BCUT2D eigenvalue weighted by atomic mass is 79.9. The quantitative estimate of drug-likeness (QED) is 0.814. The minimum Gasteiger partial charge on any atom is -0.496 e. The molecule has 0 saturated heterocycles. The van der Waals surface area contributed by atoms with Crippen molar-refractivity contribution in [1.82, 2.24) is 0 Å². The van der Waals surface area contributed by atoms with E-state index in [1.165, 1.54) is 6.08 Å². The number of hydrogen-bond acceptors (Lipinski definition) is 3. The second kappa shape index (κ2) is 7.66. The summed E-state index contributed by atoms with van der Waals surface area (Å²) in [5.74, 6) is 1.06. The number of anilines is 1. The van der Waals surface area contributed by atoms with Crippen LogP contribution in [0.25, 0.3) is 6.08 Å². The molecule has 0 spiro atoms. The van der Waals surface area contributed by atoms with Gasteiger partial charge in [-0.3, -0.25) is 4.79 Å². The van der Waals surface area contributed by atoms with Gasteiger partial charge in [0.15, 0.2) is 0 Å². The molecule has 0 heterocycles. The second-order valence-corrected chi connectivity index (χ2v) is 5.32. The molecule has 114 valence electrons. The average molecular weight is 362 g/mol. The zero-order chi connectivity index (χ0) is 15.9. The molecule has 0 bridgehead atoms. The molecule has 0 fully saturated rings. The molecule has 0 atom stereocenters. The van der Waals surface area contributed by atoms with Gasteiger partial charge in [-0.1, -0.05) is 28.1 Å². The van der Waals surface area contributed by atoms with Gasteiger partial charge in [-0.05, 0) is 36.4 Å². The Kier molecular flexibility index (Phi) is 5.61. The fraction of sp³-hybridized carbons (Fsp3) is 0.118. The predicted octanol–water partition coefficient (Wildman–Crippen LogP) is 4.12. The highest BCUT2D eigenvalue weighted by molar-refractivity contribution is 9.10. The van der Waals surface area contributed by atoms with Crippen LogP contribution in [0.3, 0.4) is 0 Å². The van der Waals surface area contributed by atoms with Gasteiger partial charge < -0.3 is 14.8 Å². The molecular formula is C17H16BrNO3. The Labute approximate surface area is 137 Å². The van der Waals surface area contributed by atoms with E-state index in [0.717, 1.165) is 15.7 Å². The van der Waals surface area contributed by atoms with E-state index in [9.17, 15) is 4.79 Å². The molecule has 0 aliphatic rings. The van der Waals surface area contributed by atoms with Gasteiger partial charge in [0.2, 0.25) is 5.91 Å². The van der Waals surface area contributed by atoms with Crippen LogP contribution in [-0.4, -0.2) is 20.1 Å². The highest BCUT2D eigenvalue weighted by Gasteiger charge is 2.07. The molecule has 1 N–H and O–H groups in total. The summed E-state index contributed by atoms with van der Waals surface area (Å²) in [7, 11) is 3.15. The molecule has 2 rings (SSSR count). The summed E-state index contributed by atoms with van der Waals surface area (Å²) in [6.45, 7) is 0. The van der Waals surface area contributed by atoms with Crippen molar-refractivity contribution in [3.8, 4) is 11.5 Å². The van der Waals surface area contributed by atoms with Crippen LogP contribution in [0.4, 0.5) is 5.69 Å². The van der Waals surface area contributed by atoms with Crippen LogP contribution in [0.5, 0.6) is 11.5 Å². The minimum atomic E-state index is -0.231. The van der Waals surface area contributed by atoms with Crippen molar-refractivity contribution < 1.29 is 14.3 Å². The monoisotopic (exact) mass is 361 g/mol. The first kappa shape index (κ1) is 16.1. The number of rotatable bonds is 5. The first-order valence-corrected chi connectivity index (χ1v) is 7.39. The molecule has 0 aliphatic carbocycles. The molecule has 2 aromatic rings. The Bertz CT molecular complexity index is 676. The Morgan fingerprint density at radius 3 is 2.32 bits per heavy atom. The predicted molar refractivity (Wildman–Crippen MR) is 91.4 cm³/mol. The van der Waals surface area contributed by atoms with Crippen LogP contribution in [0.15, 0.2) is 53.0 Å². The molecule has 0 unspecified atom stereocenters. The molecular weight excluding hydrogens is 346 g/mol. The summed E-state index contributed by atoms with van der Waals surface area (Å²) in [5.41, 5.74) is 1.44. The van der Waals surface area contributed by atoms with E-state index in [-0.39, 0.29) is 5.91 Å². The maximum atomic E-state index is 12.0. The van der Waals surface area contributed by atoms with Crippen molar-refractivity contribution in [3.05, 3.63) is 58.6 Å². The third kappa shape index (κ3) is 4.11. The van der Waals surface area contributed by atoms with Crippen molar-refractivity contribution in [1.29, 1.82) is 0 Å². The van der Waals surface area contributed by atoms with Crippen LogP contribution in [0.2, 0.25) is 0 Å². The van der Waals surface area contributed by atoms with E-state index in [1.54, 1.807) is 20.3 Å². The summed E-state index contributed by atoms with van der Waals surface area (Å²) in [5, 5.41) is 2.79. The molecule has 0 saturated carbocycles. The maximum Gasteiger partial charge on any atom is 0.248 e. The van der Waals surface area contributed by atoms with Gasteiger partial charge >= 0.3 is 0 Å². The zero-order valence-electron chi connectivity index (χ0n) is 12.3. The highest BCUT2D eigenvalue weighted by Crippen LogP contribution is 2.29. The lowest BCUT2D eigenvalue weighted by atomic mass is 10.1. The van der Waals surface area contributed by atoms with Crippen LogP contribution in [0, 0.1) is 0 Å². The van der Waals surface area contributed by atoms with Gasteiger partial charge in [-0.2, -0.15) is 0 Å². The lowest BCUT2D eigenvalue weighted by molar-refractivity contribution is -0.111. The Hall–Kier alpha value is -2.27. The van der Waals surface area contributed by atoms with Crippen LogP contribution >= 0.6 is 15.9 Å². The summed E-state index contributed by atoms with van der Waals surface area (Å²) >= 11 is 3.36. The molecule has 2 aromatic carbocycles. The van der Waals surface area contributed by atoms with Gasteiger partial charge in [-0.15, -0.1) is 0 Å². The Morgan fingerprint density at radius 1 is 1.09 bits per heavy atom. The van der Waals surface area contributed by atoms with E-state index in [4.69, 9.17) is 9.47 Å². The number of hydrogen-bond donors (Lipinski definition) is 1. The molecule has 1 amide bonds. The Morgan fingerprint density at radius 2 is 1.73 bits per heavy atom.